The number of rotatable bonds is 4. The van der Waals surface area contributed by atoms with Crippen molar-refractivity contribution in [2.45, 2.75) is 24.8 Å². The van der Waals surface area contributed by atoms with Crippen molar-refractivity contribution in [2.75, 3.05) is 13.7 Å². The zero-order valence-electron chi connectivity index (χ0n) is 11.4. The van der Waals surface area contributed by atoms with Crippen LogP contribution in [0.1, 0.15) is 36.1 Å². The number of nitrogens with one attached hydrogen (secondary N) is 1. The first-order valence-electron chi connectivity index (χ1n) is 6.92. The van der Waals surface area contributed by atoms with E-state index in [1.54, 1.807) is 6.07 Å². The van der Waals surface area contributed by atoms with Crippen LogP contribution >= 0.6 is 11.6 Å². The summed E-state index contributed by atoms with van der Waals surface area (Å²) in [5, 5.41) is 3.75. The molecule has 1 aromatic heterocycles. The molecule has 1 aliphatic heterocycles. The van der Waals surface area contributed by atoms with Gasteiger partial charge in [0, 0.05) is 0 Å². The highest BCUT2D eigenvalue weighted by atomic mass is 35.5. The Kier molecular flexibility index (Phi) is 3.99. The Labute approximate surface area is 123 Å². The summed E-state index contributed by atoms with van der Waals surface area (Å²) in [5.74, 6) is 2.37. The molecule has 2 unspecified atom stereocenters. The lowest BCUT2D eigenvalue weighted by atomic mass is 9.87. The zero-order chi connectivity index (χ0) is 13.9. The SMILES string of the molecule is CNC(CC1CCOc2ccccc21)c1ccc(Cl)o1. The second kappa shape index (κ2) is 5.90. The normalized spacial score (nSPS) is 19.2. The van der Waals surface area contributed by atoms with Gasteiger partial charge in [-0.05, 0) is 61.2 Å². The van der Waals surface area contributed by atoms with E-state index in [4.69, 9.17) is 20.8 Å². The van der Waals surface area contributed by atoms with Crippen LogP contribution in [0.25, 0.3) is 0 Å². The van der Waals surface area contributed by atoms with Crippen molar-refractivity contribution in [3.05, 3.63) is 52.9 Å². The average molecular weight is 292 g/mol. The molecule has 1 aliphatic rings. The maximum atomic E-state index is 5.87. The second-order valence-corrected chi connectivity index (χ2v) is 5.46. The number of hydrogen-bond acceptors (Lipinski definition) is 3. The van der Waals surface area contributed by atoms with Gasteiger partial charge in [0.25, 0.3) is 0 Å². The molecule has 2 heterocycles. The van der Waals surface area contributed by atoms with Crippen LogP contribution in [0.15, 0.2) is 40.8 Å². The van der Waals surface area contributed by atoms with Gasteiger partial charge in [-0.25, -0.2) is 0 Å². The molecule has 0 fully saturated rings. The molecule has 3 rings (SSSR count). The molecule has 0 radical (unpaired) electrons. The van der Waals surface area contributed by atoms with E-state index < -0.39 is 0 Å². The Balaban J connectivity index is 1.80. The third-order valence-corrected chi connectivity index (χ3v) is 4.09. The molecule has 2 atom stereocenters. The predicted octanol–water partition coefficient (Wildman–Crippen LogP) is 4.15. The Bertz CT molecular complexity index is 581. The summed E-state index contributed by atoms with van der Waals surface area (Å²) in [5.41, 5.74) is 1.29. The van der Waals surface area contributed by atoms with E-state index in [0.717, 1.165) is 31.0 Å². The number of ether oxygens (including phenoxy) is 1. The third-order valence-electron chi connectivity index (χ3n) is 3.89. The van der Waals surface area contributed by atoms with E-state index in [0.29, 0.717) is 11.1 Å². The summed E-state index contributed by atoms with van der Waals surface area (Å²) < 4.78 is 11.3. The zero-order valence-corrected chi connectivity index (χ0v) is 12.2. The van der Waals surface area contributed by atoms with E-state index in [-0.39, 0.29) is 6.04 Å². The highest BCUT2D eigenvalue weighted by molar-refractivity contribution is 6.28. The minimum absolute atomic E-state index is 0.165. The standard InChI is InChI=1S/C16H18ClNO2/c1-18-13(15-6-7-16(17)20-15)10-11-8-9-19-14-5-3-2-4-12(11)14/h2-7,11,13,18H,8-10H2,1H3. The van der Waals surface area contributed by atoms with Crippen LogP contribution in [0.5, 0.6) is 5.75 Å². The van der Waals surface area contributed by atoms with Crippen LogP contribution in [0, 0.1) is 0 Å². The van der Waals surface area contributed by atoms with Crippen LogP contribution in [-0.2, 0) is 0 Å². The number of benzene rings is 1. The summed E-state index contributed by atoms with van der Waals surface area (Å²) in [7, 11) is 1.95. The Morgan fingerprint density at radius 1 is 1.30 bits per heavy atom. The van der Waals surface area contributed by atoms with Crippen molar-refractivity contribution >= 4 is 11.6 Å². The van der Waals surface area contributed by atoms with Crippen molar-refractivity contribution in [2.24, 2.45) is 0 Å². The lowest BCUT2D eigenvalue weighted by Gasteiger charge is -2.28. The van der Waals surface area contributed by atoms with Gasteiger partial charge in [-0.1, -0.05) is 18.2 Å². The van der Waals surface area contributed by atoms with Crippen molar-refractivity contribution in [3.63, 3.8) is 0 Å². The van der Waals surface area contributed by atoms with Crippen molar-refractivity contribution in [3.8, 4) is 5.75 Å². The maximum Gasteiger partial charge on any atom is 0.193 e. The largest absolute Gasteiger partial charge is 0.493 e. The molecule has 106 valence electrons. The van der Waals surface area contributed by atoms with Gasteiger partial charge in [0.05, 0.1) is 12.6 Å². The molecule has 0 bridgehead atoms. The lowest BCUT2D eigenvalue weighted by Crippen LogP contribution is -2.22. The molecule has 4 heteroatoms. The fraction of sp³-hybridized carbons (Fsp3) is 0.375. The predicted molar refractivity (Wildman–Crippen MR) is 79.4 cm³/mol. The number of fused-ring (bicyclic) bond motifs is 1. The summed E-state index contributed by atoms with van der Waals surface area (Å²) >= 11 is 5.87. The molecule has 0 spiro atoms. The second-order valence-electron chi connectivity index (χ2n) is 5.09. The van der Waals surface area contributed by atoms with Crippen LogP contribution < -0.4 is 10.1 Å². The first-order chi connectivity index (χ1) is 9.78. The van der Waals surface area contributed by atoms with Gasteiger partial charge in [0.1, 0.15) is 11.5 Å². The van der Waals surface area contributed by atoms with E-state index in [2.05, 4.69) is 17.4 Å². The Morgan fingerprint density at radius 2 is 2.15 bits per heavy atom. The van der Waals surface area contributed by atoms with Crippen molar-refractivity contribution in [1.82, 2.24) is 5.32 Å². The van der Waals surface area contributed by atoms with Crippen LogP contribution in [0.3, 0.4) is 0 Å². The van der Waals surface area contributed by atoms with Crippen molar-refractivity contribution < 1.29 is 9.15 Å². The van der Waals surface area contributed by atoms with E-state index in [1.165, 1.54) is 5.56 Å². The summed E-state index contributed by atoms with van der Waals surface area (Å²) in [4.78, 5) is 0. The average Bonchev–Trinajstić information content (AvgIpc) is 2.91. The number of para-hydroxylation sites is 1. The van der Waals surface area contributed by atoms with Crippen LogP contribution in [0.4, 0.5) is 0 Å². The summed E-state index contributed by atoms with van der Waals surface area (Å²) in [6.07, 6.45) is 2.00. The van der Waals surface area contributed by atoms with Crippen molar-refractivity contribution in [1.29, 1.82) is 0 Å². The van der Waals surface area contributed by atoms with Gasteiger partial charge in [0.2, 0.25) is 0 Å². The molecular formula is C16H18ClNO2. The quantitative estimate of drug-likeness (QED) is 0.919. The fourth-order valence-corrected chi connectivity index (χ4v) is 2.99. The van der Waals surface area contributed by atoms with Gasteiger partial charge in [-0.15, -0.1) is 0 Å². The van der Waals surface area contributed by atoms with E-state index >= 15 is 0 Å². The van der Waals surface area contributed by atoms with Crippen LogP contribution in [0.2, 0.25) is 5.22 Å². The Hall–Kier alpha value is -1.45. The monoisotopic (exact) mass is 291 g/mol. The molecule has 2 aromatic rings. The van der Waals surface area contributed by atoms with Gasteiger partial charge >= 0.3 is 0 Å². The highest BCUT2D eigenvalue weighted by Crippen LogP contribution is 2.39. The first-order valence-corrected chi connectivity index (χ1v) is 7.30. The molecule has 0 amide bonds. The topological polar surface area (TPSA) is 34.4 Å². The molecule has 0 saturated heterocycles. The lowest BCUT2D eigenvalue weighted by molar-refractivity contribution is 0.252. The van der Waals surface area contributed by atoms with E-state index in [1.807, 2.05) is 25.2 Å². The van der Waals surface area contributed by atoms with Gasteiger partial charge in [-0.2, -0.15) is 0 Å². The van der Waals surface area contributed by atoms with E-state index in [9.17, 15) is 0 Å². The number of hydrogen-bond donors (Lipinski definition) is 1. The number of halogens is 1. The van der Waals surface area contributed by atoms with Crippen LogP contribution in [-0.4, -0.2) is 13.7 Å². The molecule has 3 nitrogen and oxygen atoms in total. The molecular weight excluding hydrogens is 274 g/mol. The highest BCUT2D eigenvalue weighted by Gasteiger charge is 2.25. The molecule has 0 aliphatic carbocycles. The smallest absolute Gasteiger partial charge is 0.193 e. The summed E-state index contributed by atoms with van der Waals surface area (Å²) in [6, 6.07) is 12.2. The molecule has 1 aromatic carbocycles. The van der Waals surface area contributed by atoms with Gasteiger partial charge in [-0.3, -0.25) is 0 Å². The molecule has 20 heavy (non-hydrogen) atoms. The van der Waals surface area contributed by atoms with Gasteiger partial charge in [0.15, 0.2) is 5.22 Å². The fourth-order valence-electron chi connectivity index (χ4n) is 2.84. The first kappa shape index (κ1) is 13.5. The minimum Gasteiger partial charge on any atom is -0.493 e. The molecule has 0 saturated carbocycles. The number of furan rings is 1. The molecule has 1 N–H and O–H groups in total. The maximum absolute atomic E-state index is 5.87. The van der Waals surface area contributed by atoms with Gasteiger partial charge < -0.3 is 14.5 Å². The Morgan fingerprint density at radius 3 is 2.90 bits per heavy atom. The third kappa shape index (κ3) is 2.69. The minimum atomic E-state index is 0.165. The summed E-state index contributed by atoms with van der Waals surface area (Å²) in [6.45, 7) is 0.775.